The van der Waals surface area contributed by atoms with Crippen molar-refractivity contribution in [1.29, 1.82) is 0 Å². The second kappa shape index (κ2) is 8.70. The zero-order chi connectivity index (χ0) is 18.6. The molecule has 2 rings (SSSR count). The number of para-hydroxylation sites is 1. The van der Waals surface area contributed by atoms with E-state index in [1.54, 1.807) is 6.07 Å². The molecule has 1 unspecified atom stereocenters. The van der Waals surface area contributed by atoms with Gasteiger partial charge in [0.15, 0.2) is 6.54 Å². The predicted molar refractivity (Wildman–Crippen MR) is 106 cm³/mol. The van der Waals surface area contributed by atoms with Crippen molar-refractivity contribution in [2.75, 3.05) is 18.9 Å². The summed E-state index contributed by atoms with van der Waals surface area (Å²) in [5.41, 5.74) is 4.24. The number of rotatable bonds is 6. The van der Waals surface area contributed by atoms with E-state index in [2.05, 4.69) is 25.2 Å². The second-order valence-corrected chi connectivity index (χ2v) is 7.62. The Hall–Kier alpha value is -1.55. The summed E-state index contributed by atoms with van der Waals surface area (Å²) in [6.07, 6.45) is 0. The van der Waals surface area contributed by atoms with Gasteiger partial charge in [0.25, 0.3) is 5.91 Å². The monoisotopic (exact) mass is 379 g/mol. The first-order valence-electron chi connectivity index (χ1n) is 8.42. The molecule has 2 aromatic carbocycles. The molecule has 0 aliphatic heterocycles. The van der Waals surface area contributed by atoms with Crippen molar-refractivity contribution >= 4 is 34.8 Å². The SMILES string of the molecule is Cc1cccc(C(C)C)c1NC(=O)C[NH+](C)Cc1ccc(Cl)c(Cl)c1. The first-order chi connectivity index (χ1) is 11.8. The summed E-state index contributed by atoms with van der Waals surface area (Å²) >= 11 is 12.0. The predicted octanol–water partition coefficient (Wildman–Crippen LogP) is 4.08. The molecule has 0 radical (unpaired) electrons. The zero-order valence-electron chi connectivity index (χ0n) is 15.1. The molecule has 134 valence electrons. The fourth-order valence-electron chi connectivity index (χ4n) is 2.86. The molecule has 0 aliphatic rings. The number of carbonyl (C=O) groups is 1. The van der Waals surface area contributed by atoms with E-state index < -0.39 is 0 Å². The van der Waals surface area contributed by atoms with E-state index in [-0.39, 0.29) is 5.91 Å². The minimum absolute atomic E-state index is 0.00811. The van der Waals surface area contributed by atoms with E-state index in [9.17, 15) is 4.79 Å². The number of anilines is 1. The van der Waals surface area contributed by atoms with Crippen LogP contribution in [0.4, 0.5) is 5.69 Å². The highest BCUT2D eigenvalue weighted by Crippen LogP contribution is 2.27. The van der Waals surface area contributed by atoms with Gasteiger partial charge in [-0.3, -0.25) is 4.79 Å². The van der Waals surface area contributed by atoms with Crippen molar-refractivity contribution in [2.24, 2.45) is 0 Å². The van der Waals surface area contributed by atoms with Gasteiger partial charge in [0.05, 0.1) is 17.1 Å². The molecule has 2 aromatic rings. The van der Waals surface area contributed by atoms with Gasteiger partial charge < -0.3 is 10.2 Å². The third-order valence-corrected chi connectivity index (χ3v) is 4.88. The van der Waals surface area contributed by atoms with Crippen LogP contribution in [-0.2, 0) is 11.3 Å². The lowest BCUT2D eigenvalue weighted by Crippen LogP contribution is -3.08. The molecule has 0 aliphatic carbocycles. The normalized spacial score (nSPS) is 12.3. The third-order valence-electron chi connectivity index (χ3n) is 4.14. The van der Waals surface area contributed by atoms with Crippen LogP contribution in [0.2, 0.25) is 10.0 Å². The number of hydrogen-bond donors (Lipinski definition) is 2. The lowest BCUT2D eigenvalue weighted by molar-refractivity contribution is -0.885. The number of nitrogens with one attached hydrogen (secondary N) is 2. The van der Waals surface area contributed by atoms with Crippen LogP contribution >= 0.6 is 23.2 Å². The van der Waals surface area contributed by atoms with E-state index >= 15 is 0 Å². The molecule has 3 nitrogen and oxygen atoms in total. The molecule has 0 spiro atoms. The molecule has 5 heteroatoms. The van der Waals surface area contributed by atoms with E-state index in [0.717, 1.165) is 27.3 Å². The molecule has 0 aromatic heterocycles. The molecule has 0 saturated carbocycles. The Balaban J connectivity index is 2.01. The topological polar surface area (TPSA) is 33.5 Å². The van der Waals surface area contributed by atoms with Gasteiger partial charge in [-0.1, -0.05) is 61.3 Å². The van der Waals surface area contributed by atoms with Gasteiger partial charge in [0.1, 0.15) is 6.54 Å². The quantitative estimate of drug-likeness (QED) is 0.778. The molecule has 0 heterocycles. The molecule has 1 atom stereocenters. The summed E-state index contributed by atoms with van der Waals surface area (Å²) in [6.45, 7) is 7.37. The van der Waals surface area contributed by atoms with E-state index in [4.69, 9.17) is 23.2 Å². The largest absolute Gasteiger partial charge is 0.326 e. The van der Waals surface area contributed by atoms with Crippen LogP contribution in [-0.4, -0.2) is 19.5 Å². The first-order valence-corrected chi connectivity index (χ1v) is 9.18. The van der Waals surface area contributed by atoms with Gasteiger partial charge in [0.2, 0.25) is 0 Å². The van der Waals surface area contributed by atoms with Gasteiger partial charge in [0, 0.05) is 11.3 Å². The van der Waals surface area contributed by atoms with Crippen LogP contribution in [0.1, 0.15) is 36.5 Å². The number of amides is 1. The molecule has 0 fully saturated rings. The van der Waals surface area contributed by atoms with Gasteiger partial charge in [-0.2, -0.15) is 0 Å². The molecule has 0 bridgehead atoms. The Morgan fingerprint density at radius 2 is 1.88 bits per heavy atom. The average Bonchev–Trinajstić information content (AvgIpc) is 2.52. The zero-order valence-corrected chi connectivity index (χ0v) is 16.6. The number of likely N-dealkylation sites (N-methyl/N-ethyl adjacent to an activating group) is 1. The molecule has 2 N–H and O–H groups in total. The fourth-order valence-corrected chi connectivity index (χ4v) is 3.18. The fraction of sp³-hybridized carbons (Fsp3) is 0.350. The van der Waals surface area contributed by atoms with E-state index in [1.807, 2.05) is 38.2 Å². The van der Waals surface area contributed by atoms with Crippen molar-refractivity contribution in [2.45, 2.75) is 33.2 Å². The minimum atomic E-state index is 0.00811. The molecular formula is C20H25Cl2N2O+. The Bertz CT molecular complexity index is 759. The van der Waals surface area contributed by atoms with Crippen LogP contribution in [0.3, 0.4) is 0 Å². The Labute approximate surface area is 159 Å². The summed E-state index contributed by atoms with van der Waals surface area (Å²) < 4.78 is 0. The Morgan fingerprint density at radius 3 is 2.52 bits per heavy atom. The summed E-state index contributed by atoms with van der Waals surface area (Å²) in [5, 5.41) is 4.17. The third kappa shape index (κ3) is 5.46. The number of quaternary nitrogens is 1. The molecule has 0 saturated heterocycles. The summed E-state index contributed by atoms with van der Waals surface area (Å²) in [6, 6.07) is 11.7. The van der Waals surface area contributed by atoms with E-state index in [1.165, 1.54) is 0 Å². The second-order valence-electron chi connectivity index (χ2n) is 6.80. The maximum Gasteiger partial charge on any atom is 0.279 e. The minimum Gasteiger partial charge on any atom is -0.326 e. The van der Waals surface area contributed by atoms with Crippen LogP contribution in [0, 0.1) is 6.92 Å². The van der Waals surface area contributed by atoms with Gasteiger partial charge in [-0.05, 0) is 36.1 Å². The van der Waals surface area contributed by atoms with E-state index in [0.29, 0.717) is 29.1 Å². The Kier molecular flexibility index (Phi) is 6.88. The highest BCUT2D eigenvalue weighted by Gasteiger charge is 2.15. The van der Waals surface area contributed by atoms with Gasteiger partial charge in [-0.15, -0.1) is 0 Å². The van der Waals surface area contributed by atoms with Crippen molar-refractivity contribution in [3.63, 3.8) is 0 Å². The van der Waals surface area contributed by atoms with Crippen LogP contribution in [0.15, 0.2) is 36.4 Å². The van der Waals surface area contributed by atoms with Crippen molar-refractivity contribution in [3.8, 4) is 0 Å². The highest BCUT2D eigenvalue weighted by molar-refractivity contribution is 6.42. The standard InChI is InChI=1S/C20H24Cl2N2O/c1-13(2)16-7-5-6-14(3)20(16)23-19(25)12-24(4)11-15-8-9-17(21)18(22)10-15/h5-10,13H,11-12H2,1-4H3,(H,23,25)/p+1. The van der Waals surface area contributed by atoms with Gasteiger partial charge in [-0.25, -0.2) is 0 Å². The lowest BCUT2D eigenvalue weighted by atomic mass is 9.98. The summed E-state index contributed by atoms with van der Waals surface area (Å²) in [5.74, 6) is 0.366. The smallest absolute Gasteiger partial charge is 0.279 e. The number of aryl methyl sites for hydroxylation is 1. The molecule has 25 heavy (non-hydrogen) atoms. The number of benzene rings is 2. The number of hydrogen-bond acceptors (Lipinski definition) is 1. The maximum atomic E-state index is 12.5. The van der Waals surface area contributed by atoms with Crippen molar-refractivity contribution < 1.29 is 9.69 Å². The highest BCUT2D eigenvalue weighted by atomic mass is 35.5. The lowest BCUT2D eigenvalue weighted by Gasteiger charge is -2.18. The first kappa shape index (κ1) is 19.8. The number of carbonyl (C=O) groups excluding carboxylic acids is 1. The molecule has 1 amide bonds. The number of halogens is 2. The van der Waals surface area contributed by atoms with Crippen molar-refractivity contribution in [1.82, 2.24) is 0 Å². The Morgan fingerprint density at radius 1 is 1.16 bits per heavy atom. The summed E-state index contributed by atoms with van der Waals surface area (Å²) in [7, 11) is 1.99. The molecular weight excluding hydrogens is 355 g/mol. The van der Waals surface area contributed by atoms with Gasteiger partial charge >= 0.3 is 0 Å². The van der Waals surface area contributed by atoms with Crippen molar-refractivity contribution in [3.05, 3.63) is 63.1 Å². The van der Waals surface area contributed by atoms with Crippen LogP contribution < -0.4 is 10.2 Å². The van der Waals surface area contributed by atoms with Crippen LogP contribution in [0.25, 0.3) is 0 Å². The maximum absolute atomic E-state index is 12.5. The van der Waals surface area contributed by atoms with Crippen LogP contribution in [0.5, 0.6) is 0 Å². The summed E-state index contributed by atoms with van der Waals surface area (Å²) in [4.78, 5) is 13.6. The average molecular weight is 380 g/mol.